The zero-order valence-corrected chi connectivity index (χ0v) is 18.5. The van der Waals surface area contributed by atoms with Gasteiger partial charge in [-0.25, -0.2) is 9.78 Å². The molecule has 6 rings (SSSR count). The van der Waals surface area contributed by atoms with E-state index in [4.69, 9.17) is 9.40 Å². The predicted molar refractivity (Wildman–Crippen MR) is 117 cm³/mol. The summed E-state index contributed by atoms with van der Waals surface area (Å²) < 4.78 is 6.13. The maximum atomic E-state index is 13.5. The topological polar surface area (TPSA) is 49.6 Å². The Balaban J connectivity index is 1.40. The molecular weight excluding hydrogens is 374 g/mol. The van der Waals surface area contributed by atoms with Gasteiger partial charge in [0.2, 0.25) is 0 Å². The zero-order chi connectivity index (χ0) is 20.7. The monoisotopic (exact) mass is 407 g/mol. The van der Waals surface area contributed by atoms with Crippen molar-refractivity contribution in [2.75, 3.05) is 19.6 Å². The number of nitrogens with zero attached hydrogens (tertiary/aromatic N) is 3. The van der Waals surface area contributed by atoms with Crippen molar-refractivity contribution in [1.82, 2.24) is 14.8 Å². The summed E-state index contributed by atoms with van der Waals surface area (Å²) in [5, 5.41) is 0. The molecule has 2 bridgehead atoms. The molecule has 2 aliphatic heterocycles. The minimum absolute atomic E-state index is 0.0143. The first-order valence-corrected chi connectivity index (χ1v) is 11.9. The molecule has 0 spiro atoms. The molecule has 2 aromatic rings. The Morgan fingerprint density at radius 2 is 1.87 bits per heavy atom. The number of fused-ring (bicyclic) bond motifs is 5. The van der Waals surface area contributed by atoms with Gasteiger partial charge >= 0.3 is 6.03 Å². The normalized spacial score (nSPS) is 30.4. The molecule has 5 heteroatoms. The van der Waals surface area contributed by atoms with Crippen LogP contribution in [0.5, 0.6) is 0 Å². The van der Waals surface area contributed by atoms with E-state index in [1.54, 1.807) is 0 Å². The molecule has 4 aliphatic rings. The Morgan fingerprint density at radius 3 is 2.60 bits per heavy atom. The second-order valence-electron chi connectivity index (χ2n) is 10.9. The Kier molecular flexibility index (Phi) is 3.89. The Morgan fingerprint density at radius 1 is 1.10 bits per heavy atom. The van der Waals surface area contributed by atoms with Gasteiger partial charge in [0.25, 0.3) is 0 Å². The van der Waals surface area contributed by atoms with Crippen molar-refractivity contribution < 1.29 is 9.21 Å². The van der Waals surface area contributed by atoms with Crippen molar-refractivity contribution in [2.45, 2.75) is 83.1 Å². The minimum atomic E-state index is 0.0143. The van der Waals surface area contributed by atoms with Gasteiger partial charge in [0.05, 0.1) is 0 Å². The molecule has 0 radical (unpaired) electrons. The summed E-state index contributed by atoms with van der Waals surface area (Å²) in [6, 6.07) is 5.02. The number of carbonyl (C=O) groups is 1. The summed E-state index contributed by atoms with van der Waals surface area (Å²) in [6.07, 6.45) is 7.84. The zero-order valence-electron chi connectivity index (χ0n) is 18.5. The largest absolute Gasteiger partial charge is 0.440 e. The number of benzene rings is 1. The fourth-order valence-corrected chi connectivity index (χ4v) is 6.35. The van der Waals surface area contributed by atoms with Gasteiger partial charge in [-0.2, -0.15) is 0 Å². The third-order valence-corrected chi connectivity index (χ3v) is 8.92. The van der Waals surface area contributed by atoms with Crippen molar-refractivity contribution in [3.63, 3.8) is 0 Å². The van der Waals surface area contributed by atoms with Crippen molar-refractivity contribution >= 4 is 17.1 Å². The van der Waals surface area contributed by atoms with Gasteiger partial charge < -0.3 is 14.2 Å². The molecule has 1 aromatic heterocycles. The second kappa shape index (κ2) is 6.24. The van der Waals surface area contributed by atoms with E-state index in [1.165, 1.54) is 30.4 Å². The summed E-state index contributed by atoms with van der Waals surface area (Å²) in [7, 11) is 0. The molecule has 1 aromatic carbocycles. The first kappa shape index (κ1) is 18.7. The molecule has 160 valence electrons. The summed E-state index contributed by atoms with van der Waals surface area (Å²) in [5.41, 5.74) is 4.77. The highest BCUT2D eigenvalue weighted by Crippen LogP contribution is 2.56. The van der Waals surface area contributed by atoms with Crippen molar-refractivity contribution in [3.05, 3.63) is 29.2 Å². The Hall–Kier alpha value is -2.04. The van der Waals surface area contributed by atoms with Crippen LogP contribution in [0, 0.1) is 5.41 Å². The number of amides is 2. The molecule has 2 atom stereocenters. The van der Waals surface area contributed by atoms with Crippen molar-refractivity contribution in [2.24, 2.45) is 5.41 Å². The number of aromatic nitrogens is 1. The number of piperidine rings is 2. The van der Waals surface area contributed by atoms with Gasteiger partial charge in [0, 0.05) is 37.0 Å². The molecule has 0 N–H and O–H groups in total. The van der Waals surface area contributed by atoms with Gasteiger partial charge in [0.15, 0.2) is 11.5 Å². The van der Waals surface area contributed by atoms with Crippen LogP contribution in [0.2, 0.25) is 0 Å². The first-order chi connectivity index (χ1) is 14.4. The molecule has 30 heavy (non-hydrogen) atoms. The van der Waals surface area contributed by atoms with Crippen molar-refractivity contribution in [3.8, 4) is 0 Å². The van der Waals surface area contributed by atoms with Crippen LogP contribution >= 0.6 is 0 Å². The average Bonchev–Trinajstić information content (AvgIpc) is 3.50. The van der Waals surface area contributed by atoms with Gasteiger partial charge in [-0.15, -0.1) is 0 Å². The van der Waals surface area contributed by atoms with Crippen LogP contribution in [0.1, 0.15) is 82.2 Å². The molecule has 5 nitrogen and oxygen atoms in total. The summed E-state index contributed by atoms with van der Waals surface area (Å²) >= 11 is 0. The van der Waals surface area contributed by atoms with Gasteiger partial charge in [-0.1, -0.05) is 20.8 Å². The van der Waals surface area contributed by atoms with E-state index in [0.717, 1.165) is 62.3 Å². The van der Waals surface area contributed by atoms with E-state index in [9.17, 15) is 4.79 Å². The van der Waals surface area contributed by atoms with Crippen LogP contribution < -0.4 is 0 Å². The number of likely N-dealkylation sites (tertiary alicyclic amines) is 2. The standard InChI is InChI=1S/C25H33N3O2/c1-24(2)21-14-17-13-20-19(26-22(30-20)16-7-8-16)15-18(17)25(24,3)9-12-28(21)23(29)27-10-5-4-6-11-27/h13,15-16,21H,4-12,14H2,1-3H3/t21-,25-/m0/s1. The van der Waals surface area contributed by atoms with Crippen LogP contribution in [0.4, 0.5) is 4.79 Å². The van der Waals surface area contributed by atoms with Gasteiger partial charge in [-0.05, 0) is 73.6 Å². The maximum absolute atomic E-state index is 13.5. The second-order valence-corrected chi connectivity index (χ2v) is 10.9. The van der Waals surface area contributed by atoms with Crippen LogP contribution in [0.15, 0.2) is 16.5 Å². The lowest BCUT2D eigenvalue weighted by Gasteiger charge is -2.61. The van der Waals surface area contributed by atoms with E-state index in [-0.39, 0.29) is 22.9 Å². The molecule has 2 amide bonds. The van der Waals surface area contributed by atoms with Crippen molar-refractivity contribution in [1.29, 1.82) is 0 Å². The number of rotatable bonds is 1. The molecule has 1 saturated carbocycles. The predicted octanol–water partition coefficient (Wildman–Crippen LogP) is 5.23. The lowest BCUT2D eigenvalue weighted by atomic mass is 9.51. The first-order valence-electron chi connectivity index (χ1n) is 11.9. The lowest BCUT2D eigenvalue weighted by Crippen LogP contribution is -2.66. The van der Waals surface area contributed by atoms with Crippen LogP contribution in [-0.4, -0.2) is 46.5 Å². The summed E-state index contributed by atoms with van der Waals surface area (Å²) in [6.45, 7) is 9.84. The fraction of sp³-hybridized carbons (Fsp3) is 0.680. The Bertz CT molecular complexity index is 1010. The van der Waals surface area contributed by atoms with Gasteiger partial charge in [0.1, 0.15) is 5.52 Å². The highest BCUT2D eigenvalue weighted by atomic mass is 16.3. The average molecular weight is 408 g/mol. The quantitative estimate of drug-likeness (QED) is 0.651. The van der Waals surface area contributed by atoms with Gasteiger partial charge in [-0.3, -0.25) is 0 Å². The third kappa shape index (κ3) is 2.53. The van der Waals surface area contributed by atoms with Crippen LogP contribution in [-0.2, 0) is 11.8 Å². The molecule has 0 unspecified atom stereocenters. The van der Waals surface area contributed by atoms with Crippen LogP contribution in [0.3, 0.4) is 0 Å². The number of oxazole rings is 1. The maximum Gasteiger partial charge on any atom is 0.320 e. The molecule has 2 aliphatic carbocycles. The molecule has 3 fully saturated rings. The van der Waals surface area contributed by atoms with Crippen LogP contribution in [0.25, 0.3) is 11.1 Å². The van der Waals surface area contributed by atoms with E-state index in [0.29, 0.717) is 5.92 Å². The smallest absolute Gasteiger partial charge is 0.320 e. The summed E-state index contributed by atoms with van der Waals surface area (Å²) in [5.74, 6) is 1.44. The highest BCUT2D eigenvalue weighted by molar-refractivity contribution is 5.78. The van der Waals surface area contributed by atoms with E-state index in [2.05, 4.69) is 42.7 Å². The lowest BCUT2D eigenvalue weighted by molar-refractivity contribution is -0.0241. The van der Waals surface area contributed by atoms with E-state index >= 15 is 0 Å². The highest BCUT2D eigenvalue weighted by Gasteiger charge is 2.57. The minimum Gasteiger partial charge on any atom is -0.440 e. The Labute approximate surface area is 178 Å². The number of urea groups is 1. The molecule has 2 saturated heterocycles. The SMILES string of the molecule is CC1(C)[C@@H]2Cc3cc4oc(C5CC5)nc4cc3[C@]1(C)CCN2C(=O)N1CCCCC1. The molecule has 3 heterocycles. The van der Waals surface area contributed by atoms with E-state index in [1.807, 2.05) is 0 Å². The fourth-order valence-electron chi connectivity index (χ4n) is 6.35. The number of hydrogen-bond donors (Lipinski definition) is 0. The number of carbonyl (C=O) groups excluding carboxylic acids is 1. The number of hydrogen-bond acceptors (Lipinski definition) is 3. The van der Waals surface area contributed by atoms with E-state index < -0.39 is 0 Å². The summed E-state index contributed by atoms with van der Waals surface area (Å²) in [4.78, 5) is 22.6. The molecular formula is C25H33N3O2. The third-order valence-electron chi connectivity index (χ3n) is 8.92.